The van der Waals surface area contributed by atoms with E-state index in [4.69, 9.17) is 4.74 Å². The van der Waals surface area contributed by atoms with Crippen LogP contribution in [0.2, 0.25) is 0 Å². The second kappa shape index (κ2) is 2.84. The summed E-state index contributed by atoms with van der Waals surface area (Å²) in [7, 11) is 0. The van der Waals surface area contributed by atoms with Crippen molar-refractivity contribution < 1.29 is 4.74 Å². The molecular weight excluding hydrogens is 164 g/mol. The summed E-state index contributed by atoms with van der Waals surface area (Å²) in [6, 6.07) is 2.15. The Morgan fingerprint density at radius 2 is 2.23 bits per heavy atom. The van der Waals surface area contributed by atoms with Crippen LogP contribution in [-0.2, 0) is 23.3 Å². The fourth-order valence-corrected chi connectivity index (χ4v) is 1.46. The monoisotopic (exact) mass is 180 g/mol. The Morgan fingerprint density at radius 1 is 1.46 bits per heavy atom. The summed E-state index contributed by atoms with van der Waals surface area (Å²) in [5, 5.41) is 4.56. The quantitative estimate of drug-likeness (QED) is 0.607. The van der Waals surface area contributed by atoms with E-state index in [0.29, 0.717) is 6.61 Å². The van der Waals surface area contributed by atoms with Gasteiger partial charge in [0.15, 0.2) is 0 Å². The average Bonchev–Trinajstić information content (AvgIpc) is 2.45. The molecule has 2 heterocycles. The van der Waals surface area contributed by atoms with Gasteiger partial charge in [-0.2, -0.15) is 5.10 Å². The Morgan fingerprint density at radius 3 is 2.85 bits per heavy atom. The number of fused-ring (bicyclic) bond motifs is 1. The van der Waals surface area contributed by atoms with Gasteiger partial charge in [-0.05, 0) is 6.07 Å². The van der Waals surface area contributed by atoms with Crippen LogP contribution in [0.25, 0.3) is 0 Å². The molecule has 0 bridgehead atoms. The molecule has 0 radical (unpaired) electrons. The molecule has 0 unspecified atom stereocenters. The summed E-state index contributed by atoms with van der Waals surface area (Å²) in [5.74, 6) is 0. The summed E-state index contributed by atoms with van der Waals surface area (Å²) < 4.78 is 7.42. The largest absolute Gasteiger partial charge is 0.373 e. The Kier molecular flexibility index (Phi) is 1.91. The normalized spacial score (nSPS) is 17.2. The SMILES string of the molecule is CC(C)(C)c1cc2n(n1)CCOC2. The highest BCUT2D eigenvalue weighted by atomic mass is 16.5. The van der Waals surface area contributed by atoms with E-state index in [1.807, 2.05) is 0 Å². The predicted octanol–water partition coefficient (Wildman–Crippen LogP) is 1.71. The van der Waals surface area contributed by atoms with Gasteiger partial charge in [0.1, 0.15) is 0 Å². The molecule has 0 saturated carbocycles. The van der Waals surface area contributed by atoms with Gasteiger partial charge in [0.25, 0.3) is 0 Å². The third-order valence-corrected chi connectivity index (χ3v) is 2.33. The molecule has 72 valence electrons. The highest BCUT2D eigenvalue weighted by Gasteiger charge is 2.20. The summed E-state index contributed by atoms with van der Waals surface area (Å²) in [4.78, 5) is 0. The minimum absolute atomic E-state index is 0.143. The Labute approximate surface area is 78.7 Å². The molecule has 0 amide bonds. The topological polar surface area (TPSA) is 27.1 Å². The highest BCUT2D eigenvalue weighted by Crippen LogP contribution is 2.22. The van der Waals surface area contributed by atoms with Gasteiger partial charge in [-0.3, -0.25) is 4.68 Å². The summed E-state index contributed by atoms with van der Waals surface area (Å²) >= 11 is 0. The fraction of sp³-hybridized carbons (Fsp3) is 0.700. The number of hydrogen-bond donors (Lipinski definition) is 0. The minimum atomic E-state index is 0.143. The maximum absolute atomic E-state index is 5.36. The lowest BCUT2D eigenvalue weighted by Crippen LogP contribution is -2.18. The standard InChI is InChI=1S/C10H16N2O/c1-10(2,3)9-6-8-7-13-5-4-12(8)11-9/h6H,4-5,7H2,1-3H3. The van der Waals surface area contributed by atoms with E-state index in [1.165, 1.54) is 5.69 Å². The third kappa shape index (κ3) is 1.61. The zero-order valence-electron chi connectivity index (χ0n) is 8.50. The molecule has 0 fully saturated rings. The fourth-order valence-electron chi connectivity index (χ4n) is 1.46. The molecule has 1 aliphatic heterocycles. The van der Waals surface area contributed by atoms with Crippen LogP contribution >= 0.6 is 0 Å². The number of aromatic nitrogens is 2. The van der Waals surface area contributed by atoms with Gasteiger partial charge in [-0.1, -0.05) is 20.8 Å². The zero-order valence-corrected chi connectivity index (χ0v) is 8.50. The van der Waals surface area contributed by atoms with Crippen molar-refractivity contribution in [3.05, 3.63) is 17.5 Å². The lowest BCUT2D eigenvalue weighted by atomic mass is 9.92. The van der Waals surface area contributed by atoms with Gasteiger partial charge >= 0.3 is 0 Å². The summed E-state index contributed by atoms with van der Waals surface area (Å²) in [6.45, 7) is 8.94. The molecule has 2 rings (SSSR count). The molecule has 13 heavy (non-hydrogen) atoms. The maximum atomic E-state index is 5.36. The van der Waals surface area contributed by atoms with E-state index in [0.717, 1.165) is 18.8 Å². The lowest BCUT2D eigenvalue weighted by molar-refractivity contribution is 0.0799. The van der Waals surface area contributed by atoms with Crippen LogP contribution < -0.4 is 0 Å². The second-order valence-electron chi connectivity index (χ2n) is 4.55. The van der Waals surface area contributed by atoms with Crippen LogP contribution in [0.4, 0.5) is 0 Å². The number of hydrogen-bond acceptors (Lipinski definition) is 2. The smallest absolute Gasteiger partial charge is 0.0885 e. The molecule has 0 N–H and O–H groups in total. The van der Waals surface area contributed by atoms with Crippen molar-refractivity contribution in [2.45, 2.75) is 39.3 Å². The van der Waals surface area contributed by atoms with Crippen LogP contribution in [0, 0.1) is 0 Å². The highest BCUT2D eigenvalue weighted by molar-refractivity contribution is 5.17. The van der Waals surface area contributed by atoms with Crippen molar-refractivity contribution in [3.8, 4) is 0 Å². The van der Waals surface area contributed by atoms with Crippen molar-refractivity contribution in [2.75, 3.05) is 6.61 Å². The molecule has 1 aromatic rings. The second-order valence-corrected chi connectivity index (χ2v) is 4.55. The Balaban J connectivity index is 2.36. The Hall–Kier alpha value is -0.830. The summed E-state index contributed by atoms with van der Waals surface area (Å²) in [6.07, 6.45) is 0. The summed E-state index contributed by atoms with van der Waals surface area (Å²) in [5.41, 5.74) is 2.51. The van der Waals surface area contributed by atoms with Gasteiger partial charge in [0, 0.05) is 5.41 Å². The van der Waals surface area contributed by atoms with Crippen molar-refractivity contribution in [3.63, 3.8) is 0 Å². The van der Waals surface area contributed by atoms with E-state index < -0.39 is 0 Å². The van der Waals surface area contributed by atoms with Crippen molar-refractivity contribution in [1.29, 1.82) is 0 Å². The molecule has 0 saturated heterocycles. The molecule has 0 aromatic carbocycles. The van der Waals surface area contributed by atoms with E-state index in [1.54, 1.807) is 0 Å². The first-order chi connectivity index (χ1) is 6.07. The van der Waals surface area contributed by atoms with Crippen molar-refractivity contribution in [2.24, 2.45) is 0 Å². The first kappa shape index (κ1) is 8.75. The van der Waals surface area contributed by atoms with Gasteiger partial charge in [-0.15, -0.1) is 0 Å². The maximum Gasteiger partial charge on any atom is 0.0885 e. The van der Waals surface area contributed by atoms with Crippen LogP contribution in [0.15, 0.2) is 6.07 Å². The Bertz CT molecular complexity index is 286. The van der Waals surface area contributed by atoms with Crippen LogP contribution in [0.1, 0.15) is 32.2 Å². The first-order valence-electron chi connectivity index (χ1n) is 4.72. The molecule has 0 atom stereocenters. The van der Waals surface area contributed by atoms with Crippen LogP contribution in [-0.4, -0.2) is 16.4 Å². The average molecular weight is 180 g/mol. The first-order valence-corrected chi connectivity index (χ1v) is 4.72. The van der Waals surface area contributed by atoms with E-state index in [-0.39, 0.29) is 5.41 Å². The zero-order chi connectivity index (χ0) is 9.47. The minimum Gasteiger partial charge on any atom is -0.373 e. The number of rotatable bonds is 0. The van der Waals surface area contributed by atoms with E-state index in [9.17, 15) is 0 Å². The van der Waals surface area contributed by atoms with E-state index >= 15 is 0 Å². The van der Waals surface area contributed by atoms with Crippen LogP contribution in [0.5, 0.6) is 0 Å². The van der Waals surface area contributed by atoms with Gasteiger partial charge in [0.05, 0.1) is 31.1 Å². The van der Waals surface area contributed by atoms with E-state index in [2.05, 4.69) is 36.6 Å². The van der Waals surface area contributed by atoms with Gasteiger partial charge in [0.2, 0.25) is 0 Å². The molecular formula is C10H16N2O. The third-order valence-electron chi connectivity index (χ3n) is 2.33. The van der Waals surface area contributed by atoms with Gasteiger partial charge in [-0.25, -0.2) is 0 Å². The lowest BCUT2D eigenvalue weighted by Gasteiger charge is -2.14. The predicted molar refractivity (Wildman–Crippen MR) is 50.6 cm³/mol. The molecule has 3 nitrogen and oxygen atoms in total. The van der Waals surface area contributed by atoms with Crippen molar-refractivity contribution >= 4 is 0 Å². The van der Waals surface area contributed by atoms with Gasteiger partial charge < -0.3 is 4.74 Å². The molecule has 0 spiro atoms. The molecule has 3 heteroatoms. The molecule has 1 aliphatic rings. The number of nitrogens with zero attached hydrogens (tertiary/aromatic N) is 2. The number of ether oxygens (including phenoxy) is 1. The molecule has 1 aromatic heterocycles. The molecule has 0 aliphatic carbocycles. The van der Waals surface area contributed by atoms with Crippen LogP contribution in [0.3, 0.4) is 0 Å². The van der Waals surface area contributed by atoms with Crippen molar-refractivity contribution in [1.82, 2.24) is 9.78 Å².